The predicted octanol–water partition coefficient (Wildman–Crippen LogP) is 3.52. The van der Waals surface area contributed by atoms with Gasteiger partial charge in [-0.25, -0.2) is 9.97 Å². The maximum absolute atomic E-state index is 13.6. The Balaban J connectivity index is 0.933. The number of nitrogens with zero attached hydrogens (tertiary/aromatic N) is 7. The Morgan fingerprint density at radius 3 is 2.58 bits per heavy atom. The van der Waals surface area contributed by atoms with Gasteiger partial charge in [0.15, 0.2) is 11.4 Å². The summed E-state index contributed by atoms with van der Waals surface area (Å²) in [6.07, 6.45) is 5.76. The number of likely N-dealkylation sites (tertiary alicyclic amines) is 1. The molecule has 2 N–H and O–H groups in total. The number of H-pyrrole nitrogens is 1. The van der Waals surface area contributed by atoms with Crippen LogP contribution in [-0.4, -0.2) is 105 Å². The highest BCUT2D eigenvalue weighted by atomic mass is 32.1. The van der Waals surface area contributed by atoms with E-state index in [0.29, 0.717) is 44.1 Å². The number of amides is 2. The Morgan fingerprint density at radius 1 is 1.04 bits per heavy atom. The first-order valence-electron chi connectivity index (χ1n) is 14.9. The average molecular weight is 624 g/mol. The number of methoxy groups -OCH3 is 1. The van der Waals surface area contributed by atoms with E-state index in [9.17, 15) is 9.59 Å². The van der Waals surface area contributed by atoms with Crippen LogP contribution in [-0.2, 0) is 14.3 Å². The number of hydrogen-bond donors (Lipinski definition) is 2. The number of rotatable bonds is 8. The molecule has 2 amide bonds. The summed E-state index contributed by atoms with van der Waals surface area (Å²) in [6.45, 7) is 3.99. The fourth-order valence-electron chi connectivity index (χ4n) is 6.07. The molecule has 0 saturated carbocycles. The van der Waals surface area contributed by atoms with Gasteiger partial charge in [-0.05, 0) is 55.0 Å². The number of benzene rings is 2. The minimum Gasteiger partial charge on any atom is -0.368 e. The van der Waals surface area contributed by atoms with Gasteiger partial charge in [-0.15, -0.1) is 11.3 Å². The molecular weight excluding hydrogens is 590 g/mol. The van der Waals surface area contributed by atoms with E-state index < -0.39 is 5.60 Å². The average Bonchev–Trinajstić information content (AvgIpc) is 3.86. The van der Waals surface area contributed by atoms with Crippen molar-refractivity contribution in [1.82, 2.24) is 34.9 Å². The van der Waals surface area contributed by atoms with E-state index in [0.717, 1.165) is 45.8 Å². The van der Waals surface area contributed by atoms with Crippen molar-refractivity contribution < 1.29 is 14.3 Å². The highest BCUT2D eigenvalue weighted by molar-refractivity contribution is 7.13. The lowest BCUT2D eigenvalue weighted by molar-refractivity contribution is -0.138. The number of piperazine rings is 1. The zero-order valence-electron chi connectivity index (χ0n) is 24.8. The van der Waals surface area contributed by atoms with Crippen LogP contribution in [0.2, 0.25) is 0 Å². The van der Waals surface area contributed by atoms with Gasteiger partial charge in [0.2, 0.25) is 5.91 Å². The number of ether oxygens (including phenoxy) is 1. The molecule has 2 saturated heterocycles. The molecule has 5 heterocycles. The number of thiazole rings is 1. The van der Waals surface area contributed by atoms with Gasteiger partial charge in [0.25, 0.3) is 5.91 Å². The van der Waals surface area contributed by atoms with Crippen molar-refractivity contribution in [3.05, 3.63) is 72.6 Å². The first kappa shape index (κ1) is 29.0. The minimum absolute atomic E-state index is 0.0690. The van der Waals surface area contributed by atoms with Crippen LogP contribution in [0.3, 0.4) is 0 Å². The Labute approximate surface area is 264 Å². The Kier molecular flexibility index (Phi) is 7.96. The second kappa shape index (κ2) is 12.3. The summed E-state index contributed by atoms with van der Waals surface area (Å²) >= 11 is 1.51. The van der Waals surface area contributed by atoms with Gasteiger partial charge in [0, 0.05) is 87.3 Å². The van der Waals surface area contributed by atoms with Crippen molar-refractivity contribution >= 4 is 45.4 Å². The fraction of sp³-hybridized carbons (Fsp3) is 0.312. The molecule has 2 fully saturated rings. The third-order valence-corrected chi connectivity index (χ3v) is 9.43. The predicted molar refractivity (Wildman–Crippen MR) is 173 cm³/mol. The standard InChI is InChI=1S/C32H33N9O3S/c1-44-32(31(43)36-23-5-8-26-25(17-23)29(38-37-26)27-18-33-21-45-27)9-12-39(20-32)19-28(42)41-15-13-40(14-16-41)24-6-3-22(4-7-24)30-34-10-2-11-35-30/h2-8,10-11,17-18,21H,9,12-16,19-20H2,1H3,(H,36,43)(H,37,38)/t32-/m0/s1. The van der Waals surface area contributed by atoms with Gasteiger partial charge < -0.3 is 19.9 Å². The van der Waals surface area contributed by atoms with Crippen LogP contribution in [0, 0.1) is 0 Å². The zero-order chi connectivity index (χ0) is 30.8. The summed E-state index contributed by atoms with van der Waals surface area (Å²) in [4.78, 5) is 46.8. The summed E-state index contributed by atoms with van der Waals surface area (Å²) in [7, 11) is 1.56. The molecule has 12 nitrogen and oxygen atoms in total. The van der Waals surface area contributed by atoms with Crippen LogP contribution >= 0.6 is 11.3 Å². The molecule has 0 bridgehead atoms. The molecule has 0 radical (unpaired) electrons. The Morgan fingerprint density at radius 2 is 1.84 bits per heavy atom. The van der Waals surface area contributed by atoms with Crippen LogP contribution in [0.25, 0.3) is 32.9 Å². The largest absolute Gasteiger partial charge is 0.368 e. The van der Waals surface area contributed by atoms with Crippen LogP contribution in [0.1, 0.15) is 6.42 Å². The van der Waals surface area contributed by atoms with Crippen molar-refractivity contribution in [3.63, 3.8) is 0 Å². The maximum atomic E-state index is 13.6. The molecule has 13 heteroatoms. The third kappa shape index (κ3) is 5.89. The number of hydrogen-bond acceptors (Lipinski definition) is 10. The molecule has 2 aromatic carbocycles. The van der Waals surface area contributed by atoms with E-state index in [2.05, 4.69) is 47.5 Å². The lowest BCUT2D eigenvalue weighted by Gasteiger charge is -2.37. The van der Waals surface area contributed by atoms with Crippen LogP contribution in [0.5, 0.6) is 0 Å². The molecule has 0 unspecified atom stereocenters. The zero-order valence-corrected chi connectivity index (χ0v) is 25.7. The molecule has 1 atom stereocenters. The Hall–Kier alpha value is -4.72. The van der Waals surface area contributed by atoms with E-state index >= 15 is 0 Å². The van der Waals surface area contributed by atoms with Crippen molar-refractivity contribution in [3.8, 4) is 22.0 Å². The van der Waals surface area contributed by atoms with Crippen molar-refractivity contribution in [2.45, 2.75) is 12.0 Å². The first-order chi connectivity index (χ1) is 22.0. The topological polar surface area (TPSA) is 132 Å². The number of carbonyl (C=O) groups excluding carboxylic acids is 2. The molecule has 2 aliphatic rings. The van der Waals surface area contributed by atoms with Crippen LogP contribution in [0.4, 0.5) is 11.4 Å². The van der Waals surface area contributed by atoms with Gasteiger partial charge in [-0.3, -0.25) is 24.6 Å². The molecule has 5 aromatic rings. The molecule has 2 aliphatic heterocycles. The second-order valence-corrected chi connectivity index (χ2v) is 12.2. The van der Waals surface area contributed by atoms with Gasteiger partial charge in [-0.1, -0.05) is 0 Å². The third-order valence-electron chi connectivity index (χ3n) is 8.65. The summed E-state index contributed by atoms with van der Waals surface area (Å²) in [5.41, 5.74) is 5.15. The normalized spacial score (nSPS) is 18.9. The first-order valence-corrected chi connectivity index (χ1v) is 15.8. The van der Waals surface area contributed by atoms with Crippen LogP contribution in [0.15, 0.2) is 72.6 Å². The summed E-state index contributed by atoms with van der Waals surface area (Å²) in [5, 5.41) is 11.4. The molecule has 45 heavy (non-hydrogen) atoms. The molecule has 3 aromatic heterocycles. The van der Waals surface area contributed by atoms with Crippen molar-refractivity contribution in [1.29, 1.82) is 0 Å². The number of nitrogens with one attached hydrogen (secondary N) is 2. The second-order valence-electron chi connectivity index (χ2n) is 11.3. The van der Waals surface area contributed by atoms with E-state index in [1.807, 2.05) is 40.1 Å². The number of carbonyl (C=O) groups is 2. The van der Waals surface area contributed by atoms with E-state index in [4.69, 9.17) is 4.74 Å². The molecule has 7 rings (SSSR count). The number of anilines is 2. The fourth-order valence-corrected chi connectivity index (χ4v) is 6.69. The lowest BCUT2D eigenvalue weighted by atomic mass is 10.0. The summed E-state index contributed by atoms with van der Waals surface area (Å²) in [5.74, 6) is 0.550. The summed E-state index contributed by atoms with van der Waals surface area (Å²) in [6, 6.07) is 15.7. The molecule has 0 spiro atoms. The van der Waals surface area contributed by atoms with Crippen molar-refractivity contribution in [2.24, 2.45) is 0 Å². The monoisotopic (exact) mass is 623 g/mol. The van der Waals surface area contributed by atoms with Gasteiger partial charge in [0.1, 0.15) is 5.69 Å². The van der Waals surface area contributed by atoms with E-state index in [-0.39, 0.29) is 18.4 Å². The lowest BCUT2D eigenvalue weighted by Crippen LogP contribution is -2.52. The maximum Gasteiger partial charge on any atom is 0.258 e. The van der Waals surface area contributed by atoms with Crippen molar-refractivity contribution in [2.75, 3.05) is 63.1 Å². The molecular formula is C32H33N9O3S. The van der Waals surface area contributed by atoms with E-state index in [1.165, 1.54) is 11.3 Å². The highest BCUT2D eigenvalue weighted by Gasteiger charge is 2.45. The minimum atomic E-state index is -1.04. The Bertz CT molecular complexity index is 1790. The van der Waals surface area contributed by atoms with Gasteiger partial charge >= 0.3 is 0 Å². The number of aromatic amines is 1. The van der Waals surface area contributed by atoms with Crippen LogP contribution < -0.4 is 10.2 Å². The van der Waals surface area contributed by atoms with Gasteiger partial charge in [-0.2, -0.15) is 5.10 Å². The molecule has 230 valence electrons. The SMILES string of the molecule is CO[C@@]1(C(=O)Nc2ccc3[nH]nc(-c4cncs4)c3c2)CCN(CC(=O)N2CCN(c3ccc(-c4ncccn4)cc3)CC2)C1. The summed E-state index contributed by atoms with van der Waals surface area (Å²) < 4.78 is 5.83. The molecule has 0 aliphatic carbocycles. The number of fused-ring (bicyclic) bond motifs is 1. The highest BCUT2D eigenvalue weighted by Crippen LogP contribution is 2.32. The quantitative estimate of drug-likeness (QED) is 0.266. The smallest absolute Gasteiger partial charge is 0.258 e. The van der Waals surface area contributed by atoms with E-state index in [1.54, 1.807) is 37.3 Å². The van der Waals surface area contributed by atoms with Gasteiger partial charge in [0.05, 0.1) is 22.4 Å². The number of aromatic nitrogens is 5.